The lowest BCUT2D eigenvalue weighted by Crippen LogP contribution is -2.43. The van der Waals surface area contributed by atoms with Gasteiger partial charge in [-0.15, -0.1) is 0 Å². The molecule has 0 spiro atoms. The van der Waals surface area contributed by atoms with Crippen LogP contribution in [0, 0.1) is 12.8 Å². The molecule has 0 bridgehead atoms. The van der Waals surface area contributed by atoms with E-state index in [1.54, 1.807) is 41.1 Å². The summed E-state index contributed by atoms with van der Waals surface area (Å²) in [5, 5.41) is 5.99. The van der Waals surface area contributed by atoms with E-state index in [-0.39, 0.29) is 29.8 Å². The van der Waals surface area contributed by atoms with Gasteiger partial charge in [0.25, 0.3) is 0 Å². The van der Waals surface area contributed by atoms with Crippen LogP contribution in [0.3, 0.4) is 0 Å². The molecule has 0 atom stereocenters. The van der Waals surface area contributed by atoms with Crippen molar-refractivity contribution < 1.29 is 22.0 Å². The number of hydrogen-bond donors (Lipinski definition) is 0. The largest absolute Gasteiger partial charge is 0.464 e. The Balaban J connectivity index is 1.46. The molecule has 2 aromatic carbocycles. The van der Waals surface area contributed by atoms with Crippen LogP contribution in [0.5, 0.6) is 0 Å². The summed E-state index contributed by atoms with van der Waals surface area (Å²) in [5.74, 6) is -0.0808. The number of rotatable bonds is 10. The molecule has 0 aliphatic heterocycles. The van der Waals surface area contributed by atoms with Crippen molar-refractivity contribution in [2.75, 3.05) is 13.1 Å². The van der Waals surface area contributed by atoms with Crippen LogP contribution in [0.15, 0.2) is 80.9 Å². The predicted molar refractivity (Wildman–Crippen MR) is 148 cm³/mol. The topological polar surface area (TPSA) is 102 Å². The zero-order valence-corrected chi connectivity index (χ0v) is 23.3. The Morgan fingerprint density at radius 2 is 1.62 bits per heavy atom. The predicted octanol–water partition coefficient (Wildman–Crippen LogP) is 5.10. The average molecular weight is 549 g/mol. The molecule has 0 unspecified atom stereocenters. The van der Waals surface area contributed by atoms with Crippen LogP contribution in [-0.4, -0.2) is 46.4 Å². The molecule has 5 rings (SSSR count). The third-order valence-corrected chi connectivity index (χ3v) is 8.43. The van der Waals surface area contributed by atoms with Crippen LogP contribution in [0.4, 0.5) is 0 Å². The number of carbonyl (C=O) groups excluding carboxylic acids is 1. The van der Waals surface area contributed by atoms with Crippen molar-refractivity contribution in [1.29, 1.82) is 0 Å². The highest BCUT2D eigenvalue weighted by Gasteiger charge is 2.30. The minimum absolute atomic E-state index is 0.00529. The van der Waals surface area contributed by atoms with E-state index in [0.29, 0.717) is 29.8 Å². The molecule has 39 heavy (non-hydrogen) atoms. The first-order chi connectivity index (χ1) is 18.6. The number of hydrogen-bond acceptors (Lipinski definition) is 6. The van der Waals surface area contributed by atoms with Gasteiger partial charge in [-0.3, -0.25) is 9.48 Å². The molecule has 10 heteroatoms. The Bertz CT molecular complexity index is 1730. The Labute approximate surface area is 227 Å². The van der Waals surface area contributed by atoms with Gasteiger partial charge < -0.3 is 13.7 Å². The minimum atomic E-state index is -4.04. The summed E-state index contributed by atoms with van der Waals surface area (Å²) in [6, 6.07) is 16.0. The number of amides is 1. The Morgan fingerprint density at radius 1 is 0.949 bits per heavy atom. The highest BCUT2D eigenvalue weighted by Crippen LogP contribution is 2.25. The molecule has 204 valence electrons. The van der Waals surface area contributed by atoms with Gasteiger partial charge in [-0.05, 0) is 66.9 Å². The summed E-state index contributed by atoms with van der Waals surface area (Å²) in [6.07, 6.45) is 3.15. The standard InChI is InChI=1S/C29H32N4O5S/c1-20(2)16-32(17-22-5-7-27-23(14-22)9-11-37-27)29(34)19-33(18-25-13-21(3)30-31(25)4)39(35,36)26-6-8-28-24(15-26)10-12-38-28/h5-15,20H,16-19H2,1-4H3. The summed E-state index contributed by atoms with van der Waals surface area (Å²) in [5.41, 5.74) is 3.77. The van der Waals surface area contributed by atoms with E-state index < -0.39 is 10.0 Å². The second-order valence-corrected chi connectivity index (χ2v) is 12.2. The summed E-state index contributed by atoms with van der Waals surface area (Å²) in [6.45, 7) is 6.46. The first kappa shape index (κ1) is 26.7. The van der Waals surface area contributed by atoms with E-state index in [9.17, 15) is 13.2 Å². The second-order valence-electron chi connectivity index (χ2n) is 10.3. The lowest BCUT2D eigenvalue weighted by atomic mass is 10.1. The molecule has 3 aromatic heterocycles. The molecule has 0 aliphatic rings. The van der Waals surface area contributed by atoms with E-state index in [0.717, 1.165) is 22.2 Å². The normalized spacial score (nSPS) is 12.3. The van der Waals surface area contributed by atoms with Crippen molar-refractivity contribution >= 4 is 37.9 Å². The van der Waals surface area contributed by atoms with Gasteiger partial charge in [0.2, 0.25) is 15.9 Å². The molecule has 3 heterocycles. The molecular weight excluding hydrogens is 516 g/mol. The maximum absolute atomic E-state index is 14.0. The van der Waals surface area contributed by atoms with Crippen molar-refractivity contribution in [1.82, 2.24) is 19.0 Å². The van der Waals surface area contributed by atoms with Gasteiger partial charge in [-0.1, -0.05) is 19.9 Å². The lowest BCUT2D eigenvalue weighted by molar-refractivity contribution is -0.132. The maximum atomic E-state index is 14.0. The number of sulfonamides is 1. The zero-order chi connectivity index (χ0) is 27.7. The van der Waals surface area contributed by atoms with Crippen LogP contribution in [0.25, 0.3) is 21.9 Å². The molecular formula is C29H32N4O5S. The van der Waals surface area contributed by atoms with Crippen LogP contribution in [-0.2, 0) is 35.0 Å². The monoisotopic (exact) mass is 548 g/mol. The van der Waals surface area contributed by atoms with E-state index in [1.807, 2.05) is 51.1 Å². The van der Waals surface area contributed by atoms with Crippen molar-refractivity contribution in [3.8, 4) is 0 Å². The van der Waals surface area contributed by atoms with Crippen molar-refractivity contribution in [3.05, 3.63) is 84.1 Å². The summed E-state index contributed by atoms with van der Waals surface area (Å²) in [4.78, 5) is 15.6. The molecule has 9 nitrogen and oxygen atoms in total. The van der Waals surface area contributed by atoms with Gasteiger partial charge in [0, 0.05) is 30.9 Å². The van der Waals surface area contributed by atoms with Gasteiger partial charge in [0.05, 0.1) is 41.9 Å². The quantitative estimate of drug-likeness (QED) is 0.241. The van der Waals surface area contributed by atoms with Gasteiger partial charge in [-0.25, -0.2) is 8.42 Å². The maximum Gasteiger partial charge on any atom is 0.243 e. The number of furan rings is 2. The average Bonchev–Trinajstić information content (AvgIpc) is 3.61. The number of aryl methyl sites for hydroxylation is 2. The van der Waals surface area contributed by atoms with Crippen molar-refractivity contribution in [2.24, 2.45) is 13.0 Å². The summed E-state index contributed by atoms with van der Waals surface area (Å²) in [7, 11) is -2.27. The third-order valence-electron chi connectivity index (χ3n) is 6.64. The van der Waals surface area contributed by atoms with E-state index >= 15 is 0 Å². The molecule has 5 aromatic rings. The Kier molecular flexibility index (Phi) is 7.33. The van der Waals surface area contributed by atoms with Crippen molar-refractivity contribution in [3.63, 3.8) is 0 Å². The molecule has 0 N–H and O–H groups in total. The zero-order valence-electron chi connectivity index (χ0n) is 22.5. The van der Waals surface area contributed by atoms with Gasteiger partial charge in [0.15, 0.2) is 0 Å². The highest BCUT2D eigenvalue weighted by atomic mass is 32.2. The number of carbonyl (C=O) groups is 1. The number of fused-ring (bicyclic) bond motifs is 2. The highest BCUT2D eigenvalue weighted by molar-refractivity contribution is 7.89. The molecule has 1 amide bonds. The van der Waals surface area contributed by atoms with Crippen LogP contribution in [0.1, 0.15) is 30.8 Å². The molecule has 0 saturated heterocycles. The second kappa shape index (κ2) is 10.7. The van der Waals surface area contributed by atoms with Crippen LogP contribution >= 0.6 is 0 Å². The Hall–Kier alpha value is -3.89. The SMILES string of the molecule is Cc1cc(CN(CC(=O)N(Cc2ccc3occc3c2)CC(C)C)S(=O)(=O)c2ccc3occc3c2)n(C)n1. The molecule has 0 saturated carbocycles. The van der Waals surface area contributed by atoms with Crippen LogP contribution in [0.2, 0.25) is 0 Å². The summed E-state index contributed by atoms with van der Waals surface area (Å²) < 4.78 is 41.6. The fraction of sp³-hybridized carbons (Fsp3) is 0.310. The fourth-order valence-electron chi connectivity index (χ4n) is 4.75. The number of aromatic nitrogens is 2. The smallest absolute Gasteiger partial charge is 0.243 e. The number of nitrogens with zero attached hydrogens (tertiary/aromatic N) is 4. The van der Waals surface area contributed by atoms with Gasteiger partial charge in [0.1, 0.15) is 11.2 Å². The lowest BCUT2D eigenvalue weighted by Gasteiger charge is -2.28. The van der Waals surface area contributed by atoms with Gasteiger partial charge in [-0.2, -0.15) is 9.40 Å². The Morgan fingerprint density at radius 3 is 2.26 bits per heavy atom. The third kappa shape index (κ3) is 5.76. The van der Waals surface area contributed by atoms with E-state index in [1.165, 1.54) is 16.6 Å². The van der Waals surface area contributed by atoms with E-state index in [2.05, 4.69) is 5.10 Å². The number of benzene rings is 2. The minimum Gasteiger partial charge on any atom is -0.464 e. The van der Waals surface area contributed by atoms with Crippen molar-refractivity contribution in [2.45, 2.75) is 38.8 Å². The fourth-order valence-corrected chi connectivity index (χ4v) is 6.15. The molecule has 0 radical (unpaired) electrons. The van der Waals surface area contributed by atoms with Crippen LogP contribution < -0.4 is 0 Å². The first-order valence-electron chi connectivity index (χ1n) is 12.8. The first-order valence-corrected chi connectivity index (χ1v) is 14.2. The summed E-state index contributed by atoms with van der Waals surface area (Å²) >= 11 is 0. The van der Waals surface area contributed by atoms with Gasteiger partial charge >= 0.3 is 0 Å². The molecule has 0 fully saturated rings. The molecule has 0 aliphatic carbocycles. The van der Waals surface area contributed by atoms with E-state index in [4.69, 9.17) is 8.83 Å².